The molecule has 1 aliphatic rings. The molecular formula is C8H14N4OS. The fourth-order valence-corrected chi connectivity index (χ4v) is 2.35. The van der Waals surface area contributed by atoms with Crippen molar-refractivity contribution in [2.75, 3.05) is 18.8 Å². The second-order valence-electron chi connectivity index (χ2n) is 3.53. The molecule has 2 rings (SSSR count). The van der Waals surface area contributed by atoms with Gasteiger partial charge in [-0.2, -0.15) is 0 Å². The first-order valence-electron chi connectivity index (χ1n) is 4.72. The van der Waals surface area contributed by atoms with Crippen molar-refractivity contribution in [3.8, 4) is 0 Å². The predicted molar refractivity (Wildman–Crippen MR) is 55.5 cm³/mol. The molecule has 1 saturated heterocycles. The van der Waals surface area contributed by atoms with Crippen molar-refractivity contribution in [1.82, 2.24) is 20.1 Å². The molecule has 78 valence electrons. The molecule has 0 atom stereocenters. The van der Waals surface area contributed by atoms with Crippen LogP contribution in [-0.2, 0) is 7.05 Å². The summed E-state index contributed by atoms with van der Waals surface area (Å²) in [6.07, 6.45) is 1.19. The Morgan fingerprint density at radius 3 is 2.93 bits per heavy atom. The highest BCUT2D eigenvalue weighted by Crippen LogP contribution is 2.17. The first kappa shape index (κ1) is 9.79. The molecule has 14 heavy (non-hydrogen) atoms. The van der Waals surface area contributed by atoms with Gasteiger partial charge in [0, 0.05) is 12.8 Å². The largest absolute Gasteiger partial charge is 0.343 e. The van der Waals surface area contributed by atoms with Gasteiger partial charge in [-0.3, -0.25) is 4.57 Å². The quantitative estimate of drug-likeness (QED) is 0.682. The second kappa shape index (κ2) is 4.18. The highest BCUT2D eigenvalue weighted by Gasteiger charge is 2.16. The molecule has 0 spiro atoms. The fourth-order valence-electron chi connectivity index (χ4n) is 1.33. The summed E-state index contributed by atoms with van der Waals surface area (Å²) in [6.45, 7) is 2.28. The van der Waals surface area contributed by atoms with Gasteiger partial charge in [0.2, 0.25) is 0 Å². The van der Waals surface area contributed by atoms with Crippen molar-refractivity contribution in [2.45, 2.75) is 11.6 Å². The Kier molecular flexibility index (Phi) is 2.93. The molecule has 0 amide bonds. The van der Waals surface area contributed by atoms with Gasteiger partial charge in [-0.15, -0.1) is 5.10 Å². The van der Waals surface area contributed by atoms with Gasteiger partial charge in [-0.25, -0.2) is 9.89 Å². The van der Waals surface area contributed by atoms with E-state index in [4.69, 9.17) is 0 Å². The lowest BCUT2D eigenvalue weighted by Crippen LogP contribution is -2.42. The van der Waals surface area contributed by atoms with Crippen LogP contribution in [0.2, 0.25) is 0 Å². The molecule has 6 heteroatoms. The van der Waals surface area contributed by atoms with Crippen LogP contribution in [0.3, 0.4) is 0 Å². The molecular weight excluding hydrogens is 200 g/mol. The number of hydrogen-bond acceptors (Lipinski definition) is 4. The molecule has 5 nitrogen and oxygen atoms in total. The number of aromatic nitrogens is 3. The summed E-state index contributed by atoms with van der Waals surface area (Å²) >= 11 is 1.64. The Morgan fingerprint density at radius 1 is 1.64 bits per heavy atom. The summed E-state index contributed by atoms with van der Waals surface area (Å²) in [7, 11) is 1.74. The Labute approximate surface area is 86.3 Å². The maximum atomic E-state index is 11.0. The third kappa shape index (κ3) is 2.01. The second-order valence-corrected chi connectivity index (χ2v) is 4.59. The molecule has 1 aromatic heterocycles. The summed E-state index contributed by atoms with van der Waals surface area (Å²) in [5.41, 5.74) is -0.141. The van der Waals surface area contributed by atoms with Crippen LogP contribution in [0.15, 0.2) is 9.95 Å². The van der Waals surface area contributed by atoms with E-state index in [0.29, 0.717) is 0 Å². The minimum atomic E-state index is -0.141. The zero-order valence-corrected chi connectivity index (χ0v) is 8.93. The lowest BCUT2D eigenvalue weighted by Gasteiger charge is -2.26. The summed E-state index contributed by atoms with van der Waals surface area (Å²) in [5.74, 6) is 1.85. The van der Waals surface area contributed by atoms with Crippen LogP contribution in [0.25, 0.3) is 0 Å². The maximum absolute atomic E-state index is 11.0. The molecule has 0 aromatic carbocycles. The molecule has 1 aromatic rings. The Morgan fingerprint density at radius 2 is 2.43 bits per heavy atom. The summed E-state index contributed by atoms with van der Waals surface area (Å²) in [5, 5.41) is 10.4. The van der Waals surface area contributed by atoms with Gasteiger partial charge in [0.25, 0.3) is 0 Å². The number of rotatable bonds is 4. The molecule has 2 heterocycles. The van der Waals surface area contributed by atoms with Crippen LogP contribution >= 0.6 is 11.8 Å². The topological polar surface area (TPSA) is 62.7 Å². The van der Waals surface area contributed by atoms with Crippen molar-refractivity contribution in [3.05, 3.63) is 10.5 Å². The number of H-pyrrole nitrogens is 1. The van der Waals surface area contributed by atoms with E-state index in [1.165, 1.54) is 6.42 Å². The van der Waals surface area contributed by atoms with Crippen LogP contribution in [0.5, 0.6) is 0 Å². The van der Waals surface area contributed by atoms with E-state index in [1.807, 2.05) is 0 Å². The molecule has 0 unspecified atom stereocenters. The molecule has 0 saturated carbocycles. The van der Waals surface area contributed by atoms with Crippen molar-refractivity contribution in [3.63, 3.8) is 0 Å². The van der Waals surface area contributed by atoms with E-state index in [9.17, 15) is 4.79 Å². The minimum Gasteiger partial charge on any atom is -0.316 e. The van der Waals surface area contributed by atoms with Crippen molar-refractivity contribution < 1.29 is 0 Å². The summed E-state index contributed by atoms with van der Waals surface area (Å²) in [6, 6.07) is 0. The number of nitrogens with zero attached hydrogens (tertiary/aromatic N) is 2. The monoisotopic (exact) mass is 214 g/mol. The molecule has 0 aliphatic carbocycles. The zero-order chi connectivity index (χ0) is 9.97. The highest BCUT2D eigenvalue weighted by molar-refractivity contribution is 7.99. The molecule has 1 fully saturated rings. The first-order chi connectivity index (χ1) is 6.77. The van der Waals surface area contributed by atoms with Gasteiger partial charge in [0.05, 0.1) is 0 Å². The van der Waals surface area contributed by atoms with Gasteiger partial charge in [-0.05, 0) is 25.4 Å². The maximum Gasteiger partial charge on any atom is 0.343 e. The van der Waals surface area contributed by atoms with E-state index < -0.39 is 0 Å². The van der Waals surface area contributed by atoms with Gasteiger partial charge < -0.3 is 5.32 Å². The van der Waals surface area contributed by atoms with Crippen LogP contribution < -0.4 is 11.0 Å². The standard InChI is InChI=1S/C8H14N4OS/c1-12-7(13)10-11-8(12)14-3-2-6-4-9-5-6/h6,9H,2-5H2,1H3,(H,10,13). The highest BCUT2D eigenvalue weighted by atomic mass is 32.2. The van der Waals surface area contributed by atoms with Gasteiger partial charge in [0.15, 0.2) is 5.16 Å². The average molecular weight is 214 g/mol. The van der Waals surface area contributed by atoms with Gasteiger partial charge in [-0.1, -0.05) is 11.8 Å². The number of aromatic amines is 1. The molecule has 0 radical (unpaired) electrons. The minimum absolute atomic E-state index is 0.141. The van der Waals surface area contributed by atoms with Crippen molar-refractivity contribution >= 4 is 11.8 Å². The van der Waals surface area contributed by atoms with Crippen LogP contribution in [-0.4, -0.2) is 33.6 Å². The van der Waals surface area contributed by atoms with E-state index in [2.05, 4.69) is 15.5 Å². The van der Waals surface area contributed by atoms with E-state index in [-0.39, 0.29) is 5.69 Å². The average Bonchev–Trinajstić information content (AvgIpc) is 2.40. The Hall–Kier alpha value is -0.750. The normalized spacial score (nSPS) is 16.9. The summed E-state index contributed by atoms with van der Waals surface area (Å²) in [4.78, 5) is 11.0. The van der Waals surface area contributed by atoms with Crippen molar-refractivity contribution in [2.24, 2.45) is 13.0 Å². The smallest absolute Gasteiger partial charge is 0.316 e. The van der Waals surface area contributed by atoms with Crippen molar-refractivity contribution in [1.29, 1.82) is 0 Å². The SMILES string of the molecule is Cn1c(SCCC2CNC2)n[nH]c1=O. The molecule has 1 aliphatic heterocycles. The third-order valence-corrected chi connectivity index (χ3v) is 3.53. The Balaban J connectivity index is 1.79. The number of thioether (sulfide) groups is 1. The fraction of sp³-hybridized carbons (Fsp3) is 0.750. The lowest BCUT2D eigenvalue weighted by atomic mass is 10.0. The lowest BCUT2D eigenvalue weighted by molar-refractivity contribution is 0.341. The van der Waals surface area contributed by atoms with Crippen LogP contribution in [0, 0.1) is 5.92 Å². The zero-order valence-electron chi connectivity index (χ0n) is 8.12. The number of hydrogen-bond donors (Lipinski definition) is 2. The van der Waals surface area contributed by atoms with Gasteiger partial charge >= 0.3 is 5.69 Å². The molecule has 2 N–H and O–H groups in total. The summed E-state index contributed by atoms with van der Waals surface area (Å²) < 4.78 is 1.55. The first-order valence-corrected chi connectivity index (χ1v) is 5.71. The van der Waals surface area contributed by atoms with Crippen LogP contribution in [0.4, 0.5) is 0 Å². The van der Waals surface area contributed by atoms with Crippen LogP contribution in [0.1, 0.15) is 6.42 Å². The van der Waals surface area contributed by atoms with E-state index in [0.717, 1.165) is 29.9 Å². The predicted octanol–water partition coefficient (Wildman–Crippen LogP) is -0.190. The third-order valence-electron chi connectivity index (χ3n) is 2.46. The van der Waals surface area contributed by atoms with Gasteiger partial charge in [0.1, 0.15) is 0 Å². The number of nitrogens with one attached hydrogen (secondary N) is 2. The van der Waals surface area contributed by atoms with E-state index >= 15 is 0 Å². The van der Waals surface area contributed by atoms with E-state index in [1.54, 1.807) is 23.4 Å². The Bertz CT molecular complexity index is 354. The molecule has 0 bridgehead atoms.